The number of hydrogen-bond donors (Lipinski definition) is 2. The summed E-state index contributed by atoms with van der Waals surface area (Å²) in [6, 6.07) is 3.90. The van der Waals surface area contributed by atoms with Crippen LogP contribution in [0.2, 0.25) is 0 Å². The van der Waals surface area contributed by atoms with Crippen LogP contribution in [0.5, 0.6) is 0 Å². The molecule has 0 aromatic carbocycles. The Morgan fingerprint density at radius 2 is 2.41 bits per heavy atom. The van der Waals surface area contributed by atoms with Crippen LogP contribution in [0.25, 0.3) is 0 Å². The van der Waals surface area contributed by atoms with Crippen LogP contribution in [0.3, 0.4) is 0 Å². The van der Waals surface area contributed by atoms with Crippen molar-refractivity contribution in [3.05, 3.63) is 30.1 Å². The molecular formula is C13H18N2OS. The molecule has 0 aliphatic heterocycles. The summed E-state index contributed by atoms with van der Waals surface area (Å²) in [7, 11) is 1.82. The van der Waals surface area contributed by atoms with Crippen molar-refractivity contribution in [1.29, 1.82) is 0 Å². The first kappa shape index (κ1) is 12.5. The zero-order chi connectivity index (χ0) is 12.3. The van der Waals surface area contributed by atoms with E-state index in [1.54, 1.807) is 6.20 Å². The Morgan fingerprint density at radius 1 is 1.59 bits per heavy atom. The van der Waals surface area contributed by atoms with Crippen molar-refractivity contribution in [1.82, 2.24) is 10.3 Å². The third-order valence-electron chi connectivity index (χ3n) is 3.68. The van der Waals surface area contributed by atoms with Crippen molar-refractivity contribution in [2.45, 2.75) is 37.2 Å². The van der Waals surface area contributed by atoms with Crippen LogP contribution in [0.15, 0.2) is 24.5 Å². The molecule has 0 saturated heterocycles. The molecule has 1 heterocycles. The first-order valence-electron chi connectivity index (χ1n) is 6.02. The van der Waals surface area contributed by atoms with Crippen LogP contribution >= 0.6 is 12.2 Å². The summed E-state index contributed by atoms with van der Waals surface area (Å²) in [6.07, 6.45) is 6.99. The number of pyridine rings is 1. The van der Waals surface area contributed by atoms with Gasteiger partial charge in [-0.2, -0.15) is 0 Å². The lowest BCUT2D eigenvalue weighted by atomic mass is 9.67. The molecule has 0 bridgehead atoms. The second kappa shape index (κ2) is 5.10. The number of thiocarbonyl (C=S) groups is 1. The van der Waals surface area contributed by atoms with Crippen molar-refractivity contribution in [3.8, 4) is 0 Å². The number of aliphatic hydroxyl groups excluding tert-OH is 1. The van der Waals surface area contributed by atoms with E-state index in [4.69, 9.17) is 12.2 Å². The Balaban J connectivity index is 2.46. The van der Waals surface area contributed by atoms with Gasteiger partial charge in [-0.05, 0) is 24.5 Å². The Bertz CT molecular complexity index is 396. The van der Waals surface area contributed by atoms with E-state index in [2.05, 4.69) is 10.3 Å². The van der Waals surface area contributed by atoms with Crippen LogP contribution < -0.4 is 5.32 Å². The molecule has 0 unspecified atom stereocenters. The Kier molecular flexibility index (Phi) is 3.74. The highest BCUT2D eigenvalue weighted by Crippen LogP contribution is 2.40. The standard InChI is InChI=1S/C13H18N2OS/c1-14-12(17)13(7-3-2-6-11(13)16)10-5-4-8-15-9-10/h4-5,8-9,11,16H,2-3,6-7H2,1H3,(H,14,17)/t11-,13+/m0/s1. The molecule has 92 valence electrons. The highest BCUT2D eigenvalue weighted by atomic mass is 32.1. The molecule has 1 aromatic heterocycles. The summed E-state index contributed by atoms with van der Waals surface area (Å²) in [5.74, 6) is 0. The second-order valence-electron chi connectivity index (χ2n) is 4.55. The Morgan fingerprint density at radius 3 is 3.00 bits per heavy atom. The number of rotatable bonds is 2. The highest BCUT2D eigenvalue weighted by molar-refractivity contribution is 7.80. The number of hydrogen-bond acceptors (Lipinski definition) is 3. The van der Waals surface area contributed by atoms with Gasteiger partial charge < -0.3 is 10.4 Å². The zero-order valence-corrected chi connectivity index (χ0v) is 10.8. The van der Waals surface area contributed by atoms with E-state index in [1.807, 2.05) is 25.4 Å². The quantitative estimate of drug-likeness (QED) is 0.786. The molecule has 1 saturated carbocycles. The minimum absolute atomic E-state index is 0.416. The van der Waals surface area contributed by atoms with Gasteiger partial charge in [0.25, 0.3) is 0 Å². The maximum atomic E-state index is 10.4. The molecule has 4 heteroatoms. The van der Waals surface area contributed by atoms with Gasteiger partial charge in [-0.25, -0.2) is 0 Å². The minimum Gasteiger partial charge on any atom is -0.392 e. The first-order valence-corrected chi connectivity index (χ1v) is 6.43. The van der Waals surface area contributed by atoms with Crippen molar-refractivity contribution < 1.29 is 5.11 Å². The number of nitrogens with zero attached hydrogens (tertiary/aromatic N) is 1. The predicted molar refractivity (Wildman–Crippen MR) is 72.0 cm³/mol. The van der Waals surface area contributed by atoms with Crippen LogP contribution in [-0.2, 0) is 5.41 Å². The fourth-order valence-electron chi connectivity index (χ4n) is 2.74. The smallest absolute Gasteiger partial charge is 0.0884 e. The summed E-state index contributed by atoms with van der Waals surface area (Å²) in [6.45, 7) is 0. The van der Waals surface area contributed by atoms with Crippen molar-refractivity contribution in [3.63, 3.8) is 0 Å². The number of aliphatic hydroxyl groups is 1. The molecule has 2 N–H and O–H groups in total. The van der Waals surface area contributed by atoms with Crippen molar-refractivity contribution in [2.75, 3.05) is 7.05 Å². The minimum atomic E-state index is -0.448. The highest BCUT2D eigenvalue weighted by Gasteiger charge is 2.44. The second-order valence-corrected chi connectivity index (χ2v) is 4.96. The third kappa shape index (κ3) is 2.07. The molecule has 0 spiro atoms. The maximum Gasteiger partial charge on any atom is 0.0884 e. The summed E-state index contributed by atoms with van der Waals surface area (Å²) >= 11 is 5.45. The Hall–Kier alpha value is -1.00. The summed E-state index contributed by atoms with van der Waals surface area (Å²) < 4.78 is 0. The Labute approximate surface area is 107 Å². The average molecular weight is 250 g/mol. The maximum absolute atomic E-state index is 10.4. The van der Waals surface area contributed by atoms with E-state index < -0.39 is 11.5 Å². The lowest BCUT2D eigenvalue weighted by Gasteiger charge is -2.42. The van der Waals surface area contributed by atoms with E-state index in [-0.39, 0.29) is 0 Å². The molecule has 17 heavy (non-hydrogen) atoms. The van der Waals surface area contributed by atoms with E-state index >= 15 is 0 Å². The lowest BCUT2D eigenvalue weighted by molar-refractivity contribution is 0.0776. The molecule has 3 nitrogen and oxygen atoms in total. The average Bonchev–Trinajstić information content (AvgIpc) is 2.39. The van der Waals surface area contributed by atoms with Gasteiger partial charge in [0.05, 0.1) is 16.5 Å². The normalized spacial score (nSPS) is 28.7. The number of aromatic nitrogens is 1. The molecule has 0 amide bonds. The van der Waals surface area contributed by atoms with Crippen LogP contribution in [-0.4, -0.2) is 28.2 Å². The van der Waals surface area contributed by atoms with Crippen LogP contribution in [0.1, 0.15) is 31.2 Å². The molecule has 1 fully saturated rings. The third-order valence-corrected chi connectivity index (χ3v) is 4.24. The van der Waals surface area contributed by atoms with Gasteiger partial charge in [0.2, 0.25) is 0 Å². The topological polar surface area (TPSA) is 45.2 Å². The van der Waals surface area contributed by atoms with Crippen molar-refractivity contribution >= 4 is 17.2 Å². The SMILES string of the molecule is CNC(=S)[C@@]1(c2cccnc2)CCCC[C@@H]1O. The predicted octanol–water partition coefficient (Wildman–Crippen LogP) is 1.80. The first-order chi connectivity index (χ1) is 8.21. The van der Waals surface area contributed by atoms with E-state index in [9.17, 15) is 5.11 Å². The van der Waals surface area contributed by atoms with Gasteiger partial charge >= 0.3 is 0 Å². The molecular weight excluding hydrogens is 232 g/mol. The van der Waals surface area contributed by atoms with Gasteiger partial charge in [-0.15, -0.1) is 0 Å². The van der Waals surface area contributed by atoms with E-state index in [0.29, 0.717) is 0 Å². The van der Waals surface area contributed by atoms with Crippen molar-refractivity contribution in [2.24, 2.45) is 0 Å². The molecule has 2 rings (SSSR count). The molecule has 1 aromatic rings. The van der Waals surface area contributed by atoms with Crippen LogP contribution in [0.4, 0.5) is 0 Å². The molecule has 1 aliphatic rings. The summed E-state index contributed by atoms with van der Waals surface area (Å²) in [5.41, 5.74) is 0.572. The fourth-order valence-corrected chi connectivity index (χ4v) is 3.09. The zero-order valence-electron chi connectivity index (χ0n) is 10.0. The fraction of sp³-hybridized carbons (Fsp3) is 0.538. The molecule has 1 aliphatic carbocycles. The van der Waals surface area contributed by atoms with Gasteiger partial charge in [-0.3, -0.25) is 4.98 Å². The molecule has 0 radical (unpaired) electrons. The summed E-state index contributed by atoms with van der Waals surface area (Å²) in [5, 5.41) is 13.5. The van der Waals surface area contributed by atoms with Gasteiger partial charge in [0.15, 0.2) is 0 Å². The van der Waals surface area contributed by atoms with E-state index in [1.165, 1.54) is 0 Å². The van der Waals surface area contributed by atoms with Gasteiger partial charge in [0.1, 0.15) is 0 Å². The largest absolute Gasteiger partial charge is 0.392 e. The lowest BCUT2D eigenvalue weighted by Crippen LogP contribution is -2.52. The van der Waals surface area contributed by atoms with E-state index in [0.717, 1.165) is 36.2 Å². The van der Waals surface area contributed by atoms with Crippen LogP contribution in [0, 0.1) is 0 Å². The van der Waals surface area contributed by atoms with Gasteiger partial charge in [-0.1, -0.05) is 31.1 Å². The summed E-state index contributed by atoms with van der Waals surface area (Å²) in [4.78, 5) is 4.88. The number of nitrogens with one attached hydrogen (secondary N) is 1. The monoisotopic (exact) mass is 250 g/mol. The van der Waals surface area contributed by atoms with Gasteiger partial charge in [0, 0.05) is 19.4 Å². The molecule has 2 atom stereocenters. The number of likely N-dealkylation sites (N-methyl/N-ethyl adjacent to an activating group) is 1.